The van der Waals surface area contributed by atoms with Gasteiger partial charge in [-0.25, -0.2) is 0 Å². The van der Waals surface area contributed by atoms with Gasteiger partial charge in [-0.05, 0) is 71.2 Å². The first-order chi connectivity index (χ1) is 15.9. The lowest BCUT2D eigenvalue weighted by Gasteiger charge is -2.10. The van der Waals surface area contributed by atoms with Gasteiger partial charge in [-0.3, -0.25) is 4.79 Å². The topological polar surface area (TPSA) is 69.0 Å². The van der Waals surface area contributed by atoms with Crippen LogP contribution in [0, 0.1) is 6.92 Å². The minimum atomic E-state index is -0.123. The summed E-state index contributed by atoms with van der Waals surface area (Å²) in [4.78, 5) is 12.4. The third-order valence-corrected chi connectivity index (χ3v) is 6.65. The second-order valence-electron chi connectivity index (χ2n) is 7.12. The molecule has 1 aromatic heterocycles. The van der Waals surface area contributed by atoms with Gasteiger partial charge in [0.25, 0.3) is 0 Å². The van der Waals surface area contributed by atoms with Crippen molar-refractivity contribution >= 4 is 62.5 Å². The summed E-state index contributed by atoms with van der Waals surface area (Å²) in [5.41, 5.74) is 1.65. The van der Waals surface area contributed by atoms with Crippen molar-refractivity contribution in [3.05, 3.63) is 75.0 Å². The molecule has 1 amide bonds. The summed E-state index contributed by atoms with van der Waals surface area (Å²) in [5.74, 6) is 1.66. The molecule has 33 heavy (non-hydrogen) atoms. The van der Waals surface area contributed by atoms with E-state index in [0.717, 1.165) is 33.7 Å². The van der Waals surface area contributed by atoms with E-state index in [0.29, 0.717) is 34.8 Å². The Kier molecular flexibility index (Phi) is 9.67. The second-order valence-corrected chi connectivity index (χ2v) is 9.79. The fraction of sp³-hybridized carbons (Fsp3) is 0.261. The zero-order valence-electron chi connectivity index (χ0n) is 18.0. The highest BCUT2D eigenvalue weighted by atomic mass is 79.9. The van der Waals surface area contributed by atoms with Crippen LogP contribution in [0.15, 0.2) is 58.7 Å². The van der Waals surface area contributed by atoms with Gasteiger partial charge in [-0.2, -0.15) is 0 Å². The molecule has 10 heteroatoms. The van der Waals surface area contributed by atoms with E-state index < -0.39 is 0 Å². The number of carbonyl (C=O) groups excluding carboxylic acids is 1. The smallest absolute Gasteiger partial charge is 0.234 e. The van der Waals surface area contributed by atoms with Crippen LogP contribution < -0.4 is 10.1 Å². The summed E-state index contributed by atoms with van der Waals surface area (Å²) in [6.07, 6.45) is 3.23. The Bertz CT molecular complexity index is 1140. The molecule has 0 unspecified atom stereocenters. The number of ether oxygens (including phenoxy) is 1. The normalized spacial score (nSPS) is 10.8. The number of amides is 1. The maximum Gasteiger partial charge on any atom is 0.234 e. The number of hydrogen-bond donors (Lipinski definition) is 1. The van der Waals surface area contributed by atoms with Crippen LogP contribution in [0.5, 0.6) is 5.75 Å². The molecule has 0 atom stereocenters. The zero-order valence-corrected chi connectivity index (χ0v) is 21.9. The van der Waals surface area contributed by atoms with Gasteiger partial charge >= 0.3 is 0 Å². The molecule has 2 aromatic carbocycles. The average molecular weight is 570 g/mol. The van der Waals surface area contributed by atoms with Gasteiger partial charge in [-0.1, -0.05) is 41.0 Å². The van der Waals surface area contributed by atoms with Gasteiger partial charge in [0.2, 0.25) is 5.91 Å². The molecular weight excluding hydrogens is 547 g/mol. The number of nitrogens with one attached hydrogen (secondary N) is 1. The maximum atomic E-state index is 12.4. The first-order valence-corrected chi connectivity index (χ1v) is 12.7. The molecule has 0 spiro atoms. The molecule has 1 N–H and O–H groups in total. The number of thioether (sulfide) groups is 1. The molecule has 0 aliphatic rings. The molecule has 0 aliphatic carbocycles. The third kappa shape index (κ3) is 7.50. The highest BCUT2D eigenvalue weighted by molar-refractivity contribution is 9.10. The lowest BCUT2D eigenvalue weighted by atomic mass is 10.2. The minimum absolute atomic E-state index is 0.123. The lowest BCUT2D eigenvalue weighted by molar-refractivity contribution is -0.113. The zero-order chi connectivity index (χ0) is 23.8. The van der Waals surface area contributed by atoms with E-state index in [-0.39, 0.29) is 11.7 Å². The molecule has 3 rings (SSSR count). The summed E-state index contributed by atoms with van der Waals surface area (Å²) in [5, 5.41) is 13.4. The Morgan fingerprint density at radius 2 is 2.00 bits per heavy atom. The number of benzene rings is 2. The monoisotopic (exact) mass is 568 g/mol. The highest BCUT2D eigenvalue weighted by Crippen LogP contribution is 2.28. The number of allylic oxidation sites excluding steroid dienone is 1. The van der Waals surface area contributed by atoms with Crippen LogP contribution in [-0.4, -0.2) is 33.0 Å². The number of nitrogens with zero attached hydrogens (tertiary/aromatic N) is 3. The van der Waals surface area contributed by atoms with E-state index in [9.17, 15) is 4.79 Å². The maximum absolute atomic E-state index is 12.4. The molecule has 0 aliphatic heterocycles. The molecule has 0 fully saturated rings. The third-order valence-electron chi connectivity index (χ3n) is 4.60. The van der Waals surface area contributed by atoms with Crippen LogP contribution in [-0.2, 0) is 17.8 Å². The largest absolute Gasteiger partial charge is 0.492 e. The summed E-state index contributed by atoms with van der Waals surface area (Å²) in [7, 11) is 0. The summed E-state index contributed by atoms with van der Waals surface area (Å²) < 4.78 is 8.61. The Balaban J connectivity index is 1.53. The van der Waals surface area contributed by atoms with Gasteiger partial charge in [0.1, 0.15) is 11.6 Å². The van der Waals surface area contributed by atoms with Crippen LogP contribution in [0.1, 0.15) is 17.8 Å². The Hall–Kier alpha value is -2.00. The van der Waals surface area contributed by atoms with Crippen molar-refractivity contribution in [1.82, 2.24) is 14.8 Å². The first kappa shape index (κ1) is 25.6. The predicted octanol–water partition coefficient (Wildman–Crippen LogP) is 6.58. The number of rotatable bonds is 11. The molecule has 1 heterocycles. The van der Waals surface area contributed by atoms with E-state index in [1.807, 2.05) is 23.6 Å². The van der Waals surface area contributed by atoms with Gasteiger partial charge in [0.05, 0.1) is 16.8 Å². The van der Waals surface area contributed by atoms with Crippen LogP contribution in [0.25, 0.3) is 0 Å². The number of anilines is 1. The fourth-order valence-corrected chi connectivity index (χ4v) is 4.80. The minimum Gasteiger partial charge on any atom is -0.492 e. The van der Waals surface area contributed by atoms with Crippen molar-refractivity contribution in [2.45, 2.75) is 31.5 Å². The Labute approximate surface area is 215 Å². The molecule has 3 aromatic rings. The molecule has 174 valence electrons. The van der Waals surface area contributed by atoms with Gasteiger partial charge in [-0.15, -0.1) is 16.8 Å². The van der Waals surface area contributed by atoms with Crippen LogP contribution in [0.3, 0.4) is 0 Å². The van der Waals surface area contributed by atoms with E-state index in [4.69, 9.17) is 27.9 Å². The molecule has 0 radical (unpaired) electrons. The molecular formula is C23H23BrCl2N4O2S. The van der Waals surface area contributed by atoms with E-state index in [2.05, 4.69) is 38.0 Å². The molecule has 0 saturated carbocycles. The SMILES string of the molecule is C=CCn1c(CCCOc2ccc(Cl)cc2Br)nnc1SCC(=O)Nc1ccc(Cl)cc1C. The number of carbonyl (C=O) groups is 1. The second kappa shape index (κ2) is 12.5. The van der Waals surface area contributed by atoms with Crippen molar-refractivity contribution in [3.63, 3.8) is 0 Å². The summed E-state index contributed by atoms with van der Waals surface area (Å²) >= 11 is 16.7. The van der Waals surface area contributed by atoms with Crippen molar-refractivity contribution in [1.29, 1.82) is 0 Å². The number of aromatic nitrogens is 3. The van der Waals surface area contributed by atoms with Gasteiger partial charge in [0, 0.05) is 28.7 Å². The van der Waals surface area contributed by atoms with Crippen LogP contribution >= 0.6 is 50.9 Å². The van der Waals surface area contributed by atoms with Crippen molar-refractivity contribution in [2.24, 2.45) is 0 Å². The summed E-state index contributed by atoms with van der Waals surface area (Å²) in [6, 6.07) is 10.8. The van der Waals surface area contributed by atoms with E-state index >= 15 is 0 Å². The molecule has 0 saturated heterocycles. The van der Waals surface area contributed by atoms with Crippen LogP contribution in [0.4, 0.5) is 5.69 Å². The lowest BCUT2D eigenvalue weighted by Crippen LogP contribution is -2.15. The number of hydrogen-bond acceptors (Lipinski definition) is 5. The van der Waals surface area contributed by atoms with Crippen molar-refractivity contribution < 1.29 is 9.53 Å². The number of halogens is 3. The Morgan fingerprint density at radius 1 is 1.24 bits per heavy atom. The van der Waals surface area contributed by atoms with Crippen molar-refractivity contribution in [2.75, 3.05) is 17.7 Å². The predicted molar refractivity (Wildman–Crippen MR) is 139 cm³/mol. The van der Waals surface area contributed by atoms with Gasteiger partial charge < -0.3 is 14.6 Å². The Morgan fingerprint density at radius 3 is 2.73 bits per heavy atom. The fourth-order valence-electron chi connectivity index (χ4n) is 3.01. The van der Waals surface area contributed by atoms with Crippen LogP contribution in [0.2, 0.25) is 10.0 Å². The molecule has 0 bridgehead atoms. The molecule has 6 nitrogen and oxygen atoms in total. The highest BCUT2D eigenvalue weighted by Gasteiger charge is 2.14. The first-order valence-electron chi connectivity index (χ1n) is 10.2. The quantitative estimate of drug-likeness (QED) is 0.160. The average Bonchev–Trinajstić information content (AvgIpc) is 3.15. The van der Waals surface area contributed by atoms with E-state index in [1.165, 1.54) is 11.8 Å². The summed E-state index contributed by atoms with van der Waals surface area (Å²) in [6.45, 7) is 6.80. The van der Waals surface area contributed by atoms with Gasteiger partial charge in [0.15, 0.2) is 5.16 Å². The van der Waals surface area contributed by atoms with Crippen molar-refractivity contribution in [3.8, 4) is 5.75 Å². The number of aryl methyl sites for hydroxylation is 2. The van der Waals surface area contributed by atoms with E-state index in [1.54, 1.807) is 30.3 Å². The standard InChI is InChI=1S/C23H23BrCl2N4O2S/c1-3-10-30-21(5-4-11-32-20-9-7-17(26)13-18(20)24)28-29-23(30)33-14-22(31)27-19-8-6-16(25)12-15(19)2/h3,6-9,12-13H,1,4-5,10-11,14H2,2H3,(H,27,31).